The van der Waals surface area contributed by atoms with Crippen LogP contribution in [-0.4, -0.2) is 35.1 Å². The molecule has 0 spiro atoms. The molecular formula is C14H15BrN2O3. The number of anilines is 1. The number of carbonyl (C=O) groups excluding carboxylic acids is 1. The summed E-state index contributed by atoms with van der Waals surface area (Å²) in [6.45, 7) is 2.74. The summed E-state index contributed by atoms with van der Waals surface area (Å²) in [5.74, 6) is 1.41. The van der Waals surface area contributed by atoms with E-state index < -0.39 is 5.97 Å². The fourth-order valence-corrected chi connectivity index (χ4v) is 2.05. The van der Waals surface area contributed by atoms with E-state index in [4.69, 9.17) is 11.5 Å². The van der Waals surface area contributed by atoms with Crippen LogP contribution in [0.4, 0.5) is 10.5 Å². The minimum atomic E-state index is -1.02. The van der Waals surface area contributed by atoms with Gasteiger partial charge >= 0.3 is 12.0 Å². The second-order valence-corrected chi connectivity index (χ2v) is 4.91. The minimum absolute atomic E-state index is 0.143. The Morgan fingerprint density at radius 1 is 1.50 bits per heavy atom. The predicted molar refractivity (Wildman–Crippen MR) is 80.8 cm³/mol. The molecule has 0 bridgehead atoms. The molecule has 106 valence electrons. The fraction of sp³-hybridized carbons (Fsp3) is 0.286. The first kappa shape index (κ1) is 16.1. The van der Waals surface area contributed by atoms with Gasteiger partial charge in [0, 0.05) is 11.0 Å². The van der Waals surface area contributed by atoms with Crippen molar-refractivity contribution in [3.8, 4) is 12.3 Å². The van der Waals surface area contributed by atoms with E-state index in [0.29, 0.717) is 16.7 Å². The molecule has 0 aromatic heterocycles. The van der Waals surface area contributed by atoms with Gasteiger partial charge in [0.15, 0.2) is 0 Å². The number of hydrogen-bond acceptors (Lipinski definition) is 2. The van der Waals surface area contributed by atoms with Crippen LogP contribution >= 0.6 is 15.9 Å². The highest BCUT2D eigenvalue weighted by molar-refractivity contribution is 9.10. The molecule has 0 saturated carbocycles. The molecule has 0 aliphatic rings. The SMILES string of the molecule is C#CCN(CCC)C(=O)Nc1ccc(C(=O)O)cc1Br. The first-order valence-electron chi connectivity index (χ1n) is 6.01. The highest BCUT2D eigenvalue weighted by Gasteiger charge is 2.14. The number of amides is 2. The molecule has 5 nitrogen and oxygen atoms in total. The zero-order valence-electron chi connectivity index (χ0n) is 11.0. The Hall–Kier alpha value is -2.00. The summed E-state index contributed by atoms with van der Waals surface area (Å²) in [4.78, 5) is 24.4. The predicted octanol–water partition coefficient (Wildman–Crippen LogP) is 3.02. The number of benzene rings is 1. The molecule has 0 heterocycles. The molecule has 0 fully saturated rings. The number of rotatable bonds is 5. The number of urea groups is 1. The van der Waals surface area contributed by atoms with Crippen LogP contribution in [0, 0.1) is 12.3 Å². The molecule has 0 aliphatic carbocycles. The van der Waals surface area contributed by atoms with Crippen molar-refractivity contribution in [2.24, 2.45) is 0 Å². The highest BCUT2D eigenvalue weighted by atomic mass is 79.9. The summed E-state index contributed by atoms with van der Waals surface area (Å²) < 4.78 is 0.503. The maximum Gasteiger partial charge on any atom is 0.335 e. The van der Waals surface area contributed by atoms with Crippen LogP contribution in [0.1, 0.15) is 23.7 Å². The van der Waals surface area contributed by atoms with Gasteiger partial charge in [-0.2, -0.15) is 0 Å². The third-order valence-corrected chi connectivity index (χ3v) is 3.18. The van der Waals surface area contributed by atoms with Gasteiger partial charge in [-0.15, -0.1) is 6.42 Å². The molecule has 1 rings (SSSR count). The van der Waals surface area contributed by atoms with Crippen LogP contribution in [0.15, 0.2) is 22.7 Å². The monoisotopic (exact) mass is 338 g/mol. The zero-order valence-corrected chi connectivity index (χ0v) is 12.6. The standard InChI is InChI=1S/C14H15BrN2O3/c1-3-7-17(8-4-2)14(20)16-12-6-5-10(13(18)19)9-11(12)15/h1,5-6,9H,4,7-8H2,2H3,(H,16,20)(H,18,19). The van der Waals surface area contributed by atoms with E-state index in [0.717, 1.165) is 6.42 Å². The van der Waals surface area contributed by atoms with Crippen LogP contribution < -0.4 is 5.32 Å². The van der Waals surface area contributed by atoms with E-state index in [-0.39, 0.29) is 18.1 Å². The summed E-state index contributed by atoms with van der Waals surface area (Å²) in [6.07, 6.45) is 6.03. The van der Waals surface area contributed by atoms with Gasteiger partial charge in [0.05, 0.1) is 17.8 Å². The van der Waals surface area contributed by atoms with Crippen molar-refractivity contribution in [2.45, 2.75) is 13.3 Å². The van der Waals surface area contributed by atoms with Gasteiger partial charge in [0.1, 0.15) is 0 Å². The van der Waals surface area contributed by atoms with Gasteiger partial charge in [0.25, 0.3) is 0 Å². The normalized spacial score (nSPS) is 9.65. The minimum Gasteiger partial charge on any atom is -0.478 e. The van der Waals surface area contributed by atoms with Crippen molar-refractivity contribution >= 4 is 33.6 Å². The number of carboxylic acids is 1. The topological polar surface area (TPSA) is 69.6 Å². The van der Waals surface area contributed by atoms with E-state index in [2.05, 4.69) is 27.2 Å². The third kappa shape index (κ3) is 4.28. The largest absolute Gasteiger partial charge is 0.478 e. The van der Waals surface area contributed by atoms with E-state index in [9.17, 15) is 9.59 Å². The van der Waals surface area contributed by atoms with E-state index >= 15 is 0 Å². The van der Waals surface area contributed by atoms with Crippen LogP contribution in [0.5, 0.6) is 0 Å². The lowest BCUT2D eigenvalue weighted by atomic mass is 10.2. The number of hydrogen-bond donors (Lipinski definition) is 2. The number of carbonyl (C=O) groups is 2. The molecule has 6 heteroatoms. The summed E-state index contributed by atoms with van der Waals surface area (Å²) in [5, 5.41) is 11.6. The summed E-state index contributed by atoms with van der Waals surface area (Å²) >= 11 is 3.23. The number of nitrogens with one attached hydrogen (secondary N) is 1. The van der Waals surface area contributed by atoms with Crippen molar-refractivity contribution < 1.29 is 14.7 Å². The smallest absolute Gasteiger partial charge is 0.335 e. The lowest BCUT2D eigenvalue weighted by Crippen LogP contribution is -2.35. The summed E-state index contributed by atoms with van der Waals surface area (Å²) in [5.41, 5.74) is 0.641. The quantitative estimate of drug-likeness (QED) is 0.810. The molecule has 0 aliphatic heterocycles. The maximum atomic E-state index is 12.0. The Morgan fingerprint density at radius 3 is 2.70 bits per heavy atom. The van der Waals surface area contributed by atoms with Crippen molar-refractivity contribution in [3.05, 3.63) is 28.2 Å². The van der Waals surface area contributed by atoms with Crippen LogP contribution in [0.2, 0.25) is 0 Å². The zero-order chi connectivity index (χ0) is 15.1. The second-order valence-electron chi connectivity index (χ2n) is 4.06. The molecule has 1 aromatic rings. The molecule has 20 heavy (non-hydrogen) atoms. The molecule has 0 unspecified atom stereocenters. The number of carboxylic acid groups (broad SMARTS) is 1. The number of nitrogens with zero attached hydrogens (tertiary/aromatic N) is 1. The first-order chi connectivity index (χ1) is 9.49. The Labute approximate surface area is 126 Å². The van der Waals surface area contributed by atoms with Gasteiger partial charge in [0.2, 0.25) is 0 Å². The Bertz CT molecular complexity index is 552. The van der Waals surface area contributed by atoms with Crippen molar-refractivity contribution in [1.82, 2.24) is 4.90 Å². The number of aromatic carboxylic acids is 1. The average Bonchev–Trinajstić information content (AvgIpc) is 2.40. The molecule has 1 aromatic carbocycles. The number of halogens is 1. The van der Waals surface area contributed by atoms with E-state index in [1.807, 2.05) is 6.92 Å². The molecule has 0 atom stereocenters. The molecular weight excluding hydrogens is 324 g/mol. The first-order valence-corrected chi connectivity index (χ1v) is 6.81. The van der Waals surface area contributed by atoms with Crippen LogP contribution in [0.25, 0.3) is 0 Å². The van der Waals surface area contributed by atoms with Gasteiger partial charge in [-0.3, -0.25) is 0 Å². The lowest BCUT2D eigenvalue weighted by molar-refractivity contribution is 0.0697. The van der Waals surface area contributed by atoms with Crippen LogP contribution in [0.3, 0.4) is 0 Å². The lowest BCUT2D eigenvalue weighted by Gasteiger charge is -2.20. The third-order valence-electron chi connectivity index (χ3n) is 2.52. The van der Waals surface area contributed by atoms with Crippen molar-refractivity contribution in [2.75, 3.05) is 18.4 Å². The molecule has 0 radical (unpaired) electrons. The average molecular weight is 339 g/mol. The fourth-order valence-electron chi connectivity index (χ4n) is 1.58. The second kappa shape index (κ2) is 7.56. The number of terminal acetylenes is 1. The maximum absolute atomic E-state index is 12.0. The van der Waals surface area contributed by atoms with E-state index in [1.165, 1.54) is 23.1 Å². The Morgan fingerprint density at radius 2 is 2.20 bits per heavy atom. The van der Waals surface area contributed by atoms with Gasteiger partial charge in [-0.25, -0.2) is 9.59 Å². The van der Waals surface area contributed by atoms with Gasteiger partial charge in [-0.05, 0) is 40.5 Å². The van der Waals surface area contributed by atoms with Gasteiger partial charge in [-0.1, -0.05) is 12.8 Å². The Balaban J connectivity index is 2.84. The van der Waals surface area contributed by atoms with Crippen molar-refractivity contribution in [3.63, 3.8) is 0 Å². The van der Waals surface area contributed by atoms with Crippen molar-refractivity contribution in [1.29, 1.82) is 0 Å². The molecule has 2 N–H and O–H groups in total. The van der Waals surface area contributed by atoms with Crippen LogP contribution in [-0.2, 0) is 0 Å². The van der Waals surface area contributed by atoms with Gasteiger partial charge < -0.3 is 15.3 Å². The molecule has 2 amide bonds. The molecule has 0 saturated heterocycles. The summed E-state index contributed by atoms with van der Waals surface area (Å²) in [6, 6.07) is 4.08. The highest BCUT2D eigenvalue weighted by Crippen LogP contribution is 2.24. The van der Waals surface area contributed by atoms with E-state index in [1.54, 1.807) is 0 Å². The Kier molecular flexibility index (Phi) is 6.07. The summed E-state index contributed by atoms with van der Waals surface area (Å²) in [7, 11) is 0.